The summed E-state index contributed by atoms with van der Waals surface area (Å²) in [5.41, 5.74) is 4.63. The van der Waals surface area contributed by atoms with Gasteiger partial charge in [0.25, 0.3) is 0 Å². The van der Waals surface area contributed by atoms with Crippen LogP contribution in [0, 0.1) is 0 Å². The zero-order valence-corrected chi connectivity index (χ0v) is 18.3. The van der Waals surface area contributed by atoms with E-state index in [1.54, 1.807) is 0 Å². The fourth-order valence-electron chi connectivity index (χ4n) is 3.99. The SMILES string of the molecule is CC(=O)Nc1cccc(Nc2ncc3c(n2)-c2nc(CN4CCNCC4)sc2CC3)c1. The van der Waals surface area contributed by atoms with Gasteiger partial charge in [0, 0.05) is 55.6 Å². The minimum Gasteiger partial charge on any atom is -0.326 e. The van der Waals surface area contributed by atoms with Crippen molar-refractivity contribution in [2.75, 3.05) is 36.8 Å². The number of aryl methyl sites for hydroxylation is 2. The quantitative estimate of drug-likeness (QED) is 0.567. The third-order valence-corrected chi connectivity index (χ3v) is 6.56. The van der Waals surface area contributed by atoms with Crippen LogP contribution in [0.15, 0.2) is 30.5 Å². The van der Waals surface area contributed by atoms with Crippen molar-refractivity contribution >= 4 is 34.6 Å². The second-order valence-electron chi connectivity index (χ2n) is 7.86. The molecule has 0 atom stereocenters. The van der Waals surface area contributed by atoms with Gasteiger partial charge in [0.2, 0.25) is 11.9 Å². The first kappa shape index (κ1) is 20.0. The van der Waals surface area contributed by atoms with E-state index in [4.69, 9.17) is 9.97 Å². The number of aromatic nitrogens is 3. The van der Waals surface area contributed by atoms with E-state index in [0.29, 0.717) is 5.95 Å². The molecule has 0 radical (unpaired) electrons. The molecule has 9 heteroatoms. The highest BCUT2D eigenvalue weighted by atomic mass is 32.1. The lowest BCUT2D eigenvalue weighted by Gasteiger charge is -2.26. The number of carbonyl (C=O) groups is 1. The van der Waals surface area contributed by atoms with Crippen LogP contribution in [0.2, 0.25) is 0 Å². The molecular weight excluding hydrogens is 410 g/mol. The van der Waals surface area contributed by atoms with Gasteiger partial charge in [-0.2, -0.15) is 0 Å². The number of piperazine rings is 1. The minimum atomic E-state index is -0.102. The van der Waals surface area contributed by atoms with Crippen molar-refractivity contribution in [3.05, 3.63) is 45.9 Å². The van der Waals surface area contributed by atoms with Gasteiger partial charge in [-0.1, -0.05) is 6.07 Å². The molecule has 1 aliphatic carbocycles. The zero-order valence-electron chi connectivity index (χ0n) is 17.4. The normalized spacial score (nSPS) is 15.8. The van der Waals surface area contributed by atoms with Gasteiger partial charge < -0.3 is 16.0 Å². The Labute approximate surface area is 185 Å². The Morgan fingerprint density at radius 3 is 2.84 bits per heavy atom. The van der Waals surface area contributed by atoms with Crippen LogP contribution in [0.5, 0.6) is 0 Å². The van der Waals surface area contributed by atoms with E-state index in [-0.39, 0.29) is 5.91 Å². The van der Waals surface area contributed by atoms with Crippen molar-refractivity contribution in [3.63, 3.8) is 0 Å². The van der Waals surface area contributed by atoms with E-state index in [2.05, 4.69) is 25.8 Å². The summed E-state index contributed by atoms with van der Waals surface area (Å²) in [4.78, 5) is 29.4. The van der Waals surface area contributed by atoms with E-state index in [1.807, 2.05) is 41.8 Å². The highest BCUT2D eigenvalue weighted by Gasteiger charge is 2.24. The van der Waals surface area contributed by atoms with Gasteiger partial charge in [-0.05, 0) is 36.6 Å². The Hall–Kier alpha value is -2.88. The lowest BCUT2D eigenvalue weighted by atomic mass is 10.00. The molecule has 1 saturated heterocycles. The molecule has 2 aliphatic rings. The second kappa shape index (κ2) is 8.70. The smallest absolute Gasteiger partial charge is 0.227 e. The predicted octanol–water partition coefficient (Wildman–Crippen LogP) is 2.81. The van der Waals surface area contributed by atoms with Gasteiger partial charge in [-0.3, -0.25) is 9.69 Å². The lowest BCUT2D eigenvalue weighted by Crippen LogP contribution is -2.42. The molecule has 1 aliphatic heterocycles. The number of anilines is 3. The first-order valence-corrected chi connectivity index (χ1v) is 11.4. The predicted molar refractivity (Wildman–Crippen MR) is 123 cm³/mol. The number of nitrogens with zero attached hydrogens (tertiary/aromatic N) is 4. The molecule has 0 unspecified atom stereocenters. The molecule has 3 aromatic rings. The maximum absolute atomic E-state index is 11.3. The topological polar surface area (TPSA) is 95.1 Å². The first-order chi connectivity index (χ1) is 15.1. The highest BCUT2D eigenvalue weighted by Crippen LogP contribution is 2.36. The molecule has 0 bridgehead atoms. The van der Waals surface area contributed by atoms with E-state index < -0.39 is 0 Å². The van der Waals surface area contributed by atoms with Crippen LogP contribution < -0.4 is 16.0 Å². The van der Waals surface area contributed by atoms with Crippen LogP contribution in [-0.2, 0) is 24.2 Å². The lowest BCUT2D eigenvalue weighted by molar-refractivity contribution is -0.114. The molecule has 160 valence electrons. The number of benzene rings is 1. The molecular formula is C22H25N7OS. The van der Waals surface area contributed by atoms with Crippen LogP contribution in [-0.4, -0.2) is 51.9 Å². The number of thiazole rings is 1. The molecule has 5 rings (SSSR count). The van der Waals surface area contributed by atoms with Crippen LogP contribution in [0.25, 0.3) is 11.4 Å². The first-order valence-electron chi connectivity index (χ1n) is 10.6. The van der Waals surface area contributed by atoms with Crippen molar-refractivity contribution in [2.24, 2.45) is 0 Å². The number of amides is 1. The molecule has 1 aromatic carbocycles. The average Bonchev–Trinajstić information content (AvgIpc) is 3.17. The molecule has 31 heavy (non-hydrogen) atoms. The van der Waals surface area contributed by atoms with Gasteiger partial charge in [-0.25, -0.2) is 15.0 Å². The molecule has 1 fully saturated rings. The van der Waals surface area contributed by atoms with E-state index in [0.717, 1.165) is 78.9 Å². The molecule has 8 nitrogen and oxygen atoms in total. The summed E-state index contributed by atoms with van der Waals surface area (Å²) in [6.07, 6.45) is 3.84. The third kappa shape index (κ3) is 4.58. The Bertz CT molecular complexity index is 1110. The van der Waals surface area contributed by atoms with Crippen molar-refractivity contribution in [1.82, 2.24) is 25.2 Å². The largest absolute Gasteiger partial charge is 0.326 e. The molecule has 0 spiro atoms. The van der Waals surface area contributed by atoms with Gasteiger partial charge in [0.1, 0.15) is 10.7 Å². The number of hydrogen-bond donors (Lipinski definition) is 3. The molecule has 3 heterocycles. The average molecular weight is 436 g/mol. The van der Waals surface area contributed by atoms with Crippen molar-refractivity contribution in [1.29, 1.82) is 0 Å². The van der Waals surface area contributed by atoms with Crippen LogP contribution in [0.1, 0.15) is 22.4 Å². The molecule has 0 saturated carbocycles. The van der Waals surface area contributed by atoms with Crippen LogP contribution in [0.4, 0.5) is 17.3 Å². The van der Waals surface area contributed by atoms with Crippen molar-refractivity contribution in [2.45, 2.75) is 26.3 Å². The summed E-state index contributed by atoms with van der Waals surface area (Å²) in [7, 11) is 0. The molecule has 2 aromatic heterocycles. The van der Waals surface area contributed by atoms with E-state index >= 15 is 0 Å². The molecule has 1 amide bonds. The number of hydrogen-bond acceptors (Lipinski definition) is 8. The fraction of sp³-hybridized carbons (Fsp3) is 0.364. The number of fused-ring (bicyclic) bond motifs is 3. The summed E-state index contributed by atoms with van der Waals surface area (Å²) < 4.78 is 0. The van der Waals surface area contributed by atoms with Crippen LogP contribution >= 0.6 is 11.3 Å². The second-order valence-corrected chi connectivity index (χ2v) is 9.03. The maximum Gasteiger partial charge on any atom is 0.227 e. The zero-order chi connectivity index (χ0) is 21.2. The van der Waals surface area contributed by atoms with E-state index in [9.17, 15) is 4.79 Å². The monoisotopic (exact) mass is 435 g/mol. The third-order valence-electron chi connectivity index (χ3n) is 5.46. The maximum atomic E-state index is 11.3. The van der Waals surface area contributed by atoms with Crippen molar-refractivity contribution < 1.29 is 4.79 Å². The number of nitrogens with one attached hydrogen (secondary N) is 3. The summed E-state index contributed by atoms with van der Waals surface area (Å²) >= 11 is 1.82. The van der Waals surface area contributed by atoms with Gasteiger partial charge >= 0.3 is 0 Å². The standard InChI is InChI=1S/C22H25N7OS/c1-14(30)25-16-3-2-4-17(11-16)26-22-24-12-15-5-6-18-21(20(15)28-22)27-19(31-18)13-29-9-7-23-8-10-29/h2-4,11-12,23H,5-10,13H2,1H3,(H,25,30)(H,24,26,28). The van der Waals surface area contributed by atoms with E-state index in [1.165, 1.54) is 11.8 Å². The van der Waals surface area contributed by atoms with Gasteiger partial charge in [0.05, 0.1) is 12.2 Å². The number of carbonyl (C=O) groups excluding carboxylic acids is 1. The Morgan fingerprint density at radius 1 is 1.16 bits per heavy atom. The number of rotatable bonds is 5. The Morgan fingerprint density at radius 2 is 2.00 bits per heavy atom. The summed E-state index contributed by atoms with van der Waals surface area (Å²) in [5, 5.41) is 10.6. The summed E-state index contributed by atoms with van der Waals surface area (Å²) in [6, 6.07) is 7.52. The minimum absolute atomic E-state index is 0.102. The Balaban J connectivity index is 1.37. The van der Waals surface area contributed by atoms with Crippen LogP contribution in [0.3, 0.4) is 0 Å². The van der Waals surface area contributed by atoms with Gasteiger partial charge in [0.15, 0.2) is 0 Å². The summed E-state index contributed by atoms with van der Waals surface area (Å²) in [6.45, 7) is 6.61. The van der Waals surface area contributed by atoms with Crippen molar-refractivity contribution in [3.8, 4) is 11.4 Å². The summed E-state index contributed by atoms with van der Waals surface area (Å²) in [5.74, 6) is 0.429. The van der Waals surface area contributed by atoms with Gasteiger partial charge in [-0.15, -0.1) is 11.3 Å². The molecule has 3 N–H and O–H groups in total. The Kier molecular flexibility index (Phi) is 5.63. The highest BCUT2D eigenvalue weighted by molar-refractivity contribution is 7.12. The fourth-order valence-corrected chi connectivity index (χ4v) is 5.10.